The first-order valence-corrected chi connectivity index (χ1v) is 7.92. The van der Waals surface area contributed by atoms with Crippen LogP contribution in [0.2, 0.25) is 0 Å². The van der Waals surface area contributed by atoms with Crippen molar-refractivity contribution < 1.29 is 4.79 Å². The van der Waals surface area contributed by atoms with Crippen LogP contribution in [0, 0.1) is 0 Å². The number of hydrogen-bond acceptors (Lipinski definition) is 3. The zero-order chi connectivity index (χ0) is 14.7. The Balaban J connectivity index is 1.96. The fourth-order valence-corrected chi connectivity index (χ4v) is 3.04. The van der Waals surface area contributed by atoms with Crippen LogP contribution in [0.25, 0.3) is 6.08 Å². The number of nitrogens with zero attached hydrogens (tertiary/aromatic N) is 1. The Labute approximate surface area is 135 Å². The molecule has 0 unspecified atom stereocenters. The Morgan fingerprint density at radius 2 is 1.90 bits per heavy atom. The van der Waals surface area contributed by atoms with Crippen molar-refractivity contribution in [2.45, 2.75) is 0 Å². The molecule has 1 aliphatic heterocycles. The minimum Gasteiger partial charge on any atom is -0.300 e. The van der Waals surface area contributed by atoms with Gasteiger partial charge in [-0.25, -0.2) is 4.99 Å². The molecule has 21 heavy (non-hydrogen) atoms. The Kier molecular flexibility index (Phi) is 4.22. The van der Waals surface area contributed by atoms with Gasteiger partial charge in [0.2, 0.25) is 0 Å². The van der Waals surface area contributed by atoms with E-state index in [2.05, 4.69) is 26.2 Å². The Bertz CT molecular complexity index is 741. The number of halogens is 1. The van der Waals surface area contributed by atoms with E-state index < -0.39 is 0 Å². The van der Waals surface area contributed by atoms with Gasteiger partial charge in [-0.15, -0.1) is 0 Å². The molecule has 5 heteroatoms. The molecule has 104 valence electrons. The van der Waals surface area contributed by atoms with E-state index in [1.165, 1.54) is 0 Å². The number of rotatable bonds is 2. The largest absolute Gasteiger partial charge is 0.300 e. The monoisotopic (exact) mass is 358 g/mol. The average Bonchev–Trinajstić information content (AvgIpc) is 2.80. The van der Waals surface area contributed by atoms with Gasteiger partial charge >= 0.3 is 0 Å². The summed E-state index contributed by atoms with van der Waals surface area (Å²) in [6.45, 7) is 0. The highest BCUT2D eigenvalue weighted by molar-refractivity contribution is 9.10. The quantitative estimate of drug-likeness (QED) is 0.822. The number of carbonyl (C=O) groups is 1. The Hall–Kier alpha value is -1.85. The molecule has 0 saturated carbocycles. The molecular weight excluding hydrogens is 348 g/mol. The molecule has 1 N–H and O–H groups in total. The highest BCUT2D eigenvalue weighted by Crippen LogP contribution is 2.28. The van der Waals surface area contributed by atoms with E-state index in [0.29, 0.717) is 5.84 Å². The van der Waals surface area contributed by atoms with Gasteiger partial charge in [-0.05, 0) is 47.7 Å². The number of carbonyl (C=O) groups excluding carboxylic acids is 1. The van der Waals surface area contributed by atoms with Gasteiger partial charge < -0.3 is 5.32 Å². The maximum atomic E-state index is 11.6. The third kappa shape index (κ3) is 3.62. The van der Waals surface area contributed by atoms with Gasteiger partial charge in [-0.3, -0.25) is 4.79 Å². The molecule has 0 radical (unpaired) electrons. The van der Waals surface area contributed by atoms with Crippen LogP contribution in [0.3, 0.4) is 0 Å². The van der Waals surface area contributed by atoms with Gasteiger partial charge in [0.1, 0.15) is 5.84 Å². The smallest absolute Gasteiger partial charge is 0.289 e. The van der Waals surface area contributed by atoms with Gasteiger partial charge in [0.05, 0.1) is 10.6 Å². The van der Waals surface area contributed by atoms with Gasteiger partial charge in [0.25, 0.3) is 5.24 Å². The number of amides is 1. The summed E-state index contributed by atoms with van der Waals surface area (Å²) < 4.78 is 1.00. The van der Waals surface area contributed by atoms with Crippen LogP contribution < -0.4 is 5.32 Å². The van der Waals surface area contributed by atoms with Crippen LogP contribution >= 0.6 is 27.7 Å². The summed E-state index contributed by atoms with van der Waals surface area (Å²) in [6.07, 6.45) is 1.95. The number of aliphatic imine (C=N–C) groups is 1. The molecule has 3 nitrogen and oxygen atoms in total. The zero-order valence-corrected chi connectivity index (χ0v) is 13.3. The second kappa shape index (κ2) is 6.28. The zero-order valence-electron chi connectivity index (χ0n) is 10.9. The topological polar surface area (TPSA) is 41.5 Å². The summed E-state index contributed by atoms with van der Waals surface area (Å²) in [5, 5.41) is 2.68. The van der Waals surface area contributed by atoms with Gasteiger partial charge in [0.15, 0.2) is 0 Å². The lowest BCUT2D eigenvalue weighted by Gasteiger charge is -2.00. The maximum Gasteiger partial charge on any atom is 0.289 e. The third-order valence-electron chi connectivity index (χ3n) is 2.80. The number of hydrogen-bond donors (Lipinski definition) is 1. The molecule has 2 aromatic rings. The van der Waals surface area contributed by atoms with E-state index in [9.17, 15) is 4.79 Å². The maximum absolute atomic E-state index is 11.6. The van der Waals surface area contributed by atoms with Crippen molar-refractivity contribution in [3.05, 3.63) is 69.5 Å². The average molecular weight is 359 g/mol. The number of amidine groups is 1. The van der Waals surface area contributed by atoms with Crippen LogP contribution in [-0.2, 0) is 0 Å². The lowest BCUT2D eigenvalue weighted by Crippen LogP contribution is -2.18. The Morgan fingerprint density at radius 3 is 2.67 bits per heavy atom. The third-order valence-corrected chi connectivity index (χ3v) is 4.11. The van der Waals surface area contributed by atoms with E-state index in [1.54, 1.807) is 0 Å². The first-order chi connectivity index (χ1) is 10.2. The standard InChI is InChI=1S/C16H11BrN2OS/c17-12-6-4-5-11(9-12)10-14-15(19-16(20)21-14)18-13-7-2-1-3-8-13/h1-10H,(H,18,19,20). The van der Waals surface area contributed by atoms with Gasteiger partial charge in [-0.2, -0.15) is 0 Å². The van der Waals surface area contributed by atoms with Crippen LogP contribution in [0.15, 0.2) is 69.0 Å². The molecule has 1 heterocycles. The van der Waals surface area contributed by atoms with Crippen LogP contribution in [0.5, 0.6) is 0 Å². The van der Waals surface area contributed by atoms with Crippen LogP contribution in [0.4, 0.5) is 10.5 Å². The normalized spacial score (nSPS) is 18.2. The lowest BCUT2D eigenvalue weighted by atomic mass is 10.2. The van der Waals surface area contributed by atoms with E-state index >= 15 is 0 Å². The first-order valence-electron chi connectivity index (χ1n) is 6.31. The highest BCUT2D eigenvalue weighted by Gasteiger charge is 2.23. The number of benzene rings is 2. The summed E-state index contributed by atoms with van der Waals surface area (Å²) >= 11 is 4.60. The number of nitrogens with one attached hydrogen (secondary N) is 1. The highest BCUT2D eigenvalue weighted by atomic mass is 79.9. The first kappa shape index (κ1) is 14.1. The van der Waals surface area contributed by atoms with Crippen molar-refractivity contribution in [2.75, 3.05) is 0 Å². The molecule has 0 aromatic heterocycles. The van der Waals surface area contributed by atoms with E-state index in [-0.39, 0.29) is 5.24 Å². The van der Waals surface area contributed by atoms with Crippen LogP contribution in [-0.4, -0.2) is 11.1 Å². The second-order valence-electron chi connectivity index (χ2n) is 4.37. The van der Waals surface area contributed by atoms with Crippen molar-refractivity contribution in [1.29, 1.82) is 0 Å². The van der Waals surface area contributed by atoms with E-state index in [4.69, 9.17) is 0 Å². The second-order valence-corrected chi connectivity index (χ2v) is 6.30. The number of para-hydroxylation sites is 1. The summed E-state index contributed by atoms with van der Waals surface area (Å²) in [7, 11) is 0. The van der Waals surface area contributed by atoms with Gasteiger partial charge in [0, 0.05) is 4.47 Å². The number of thioether (sulfide) groups is 1. The molecule has 1 saturated heterocycles. The summed E-state index contributed by atoms with van der Waals surface area (Å²) in [6, 6.07) is 17.5. The SMILES string of the molecule is O=C1NC(=Nc2ccccc2)C(=Cc2cccc(Br)c2)S1. The minimum atomic E-state index is -0.106. The molecule has 1 amide bonds. The molecule has 0 atom stereocenters. The minimum absolute atomic E-state index is 0.106. The molecule has 0 bridgehead atoms. The fraction of sp³-hybridized carbons (Fsp3) is 0. The molecule has 0 spiro atoms. The molecular formula is C16H11BrN2OS. The van der Waals surface area contributed by atoms with E-state index in [0.717, 1.165) is 32.4 Å². The predicted molar refractivity (Wildman–Crippen MR) is 91.8 cm³/mol. The molecule has 2 aromatic carbocycles. The van der Waals surface area contributed by atoms with Crippen molar-refractivity contribution in [2.24, 2.45) is 4.99 Å². The van der Waals surface area contributed by atoms with E-state index in [1.807, 2.05) is 60.7 Å². The summed E-state index contributed by atoms with van der Waals surface area (Å²) in [4.78, 5) is 16.9. The summed E-state index contributed by atoms with van der Waals surface area (Å²) in [5.74, 6) is 0.594. The fourth-order valence-electron chi connectivity index (χ4n) is 1.89. The molecule has 0 aliphatic carbocycles. The lowest BCUT2D eigenvalue weighted by molar-refractivity contribution is 0.265. The van der Waals surface area contributed by atoms with Crippen molar-refractivity contribution in [3.63, 3.8) is 0 Å². The molecule has 1 aliphatic rings. The van der Waals surface area contributed by atoms with Crippen LogP contribution in [0.1, 0.15) is 5.56 Å². The van der Waals surface area contributed by atoms with Crippen molar-refractivity contribution >= 4 is 50.5 Å². The van der Waals surface area contributed by atoms with Gasteiger partial charge in [-0.1, -0.05) is 46.3 Å². The van der Waals surface area contributed by atoms with Crippen molar-refractivity contribution in [1.82, 2.24) is 5.32 Å². The molecule has 1 fully saturated rings. The summed E-state index contributed by atoms with van der Waals surface area (Å²) in [5.41, 5.74) is 1.83. The van der Waals surface area contributed by atoms with Crippen molar-refractivity contribution in [3.8, 4) is 0 Å². The molecule has 3 rings (SSSR count). The Morgan fingerprint density at radius 1 is 1.10 bits per heavy atom. The predicted octanol–water partition coefficient (Wildman–Crippen LogP) is 4.98.